The first-order valence-corrected chi connectivity index (χ1v) is 7.20. The molecule has 3 unspecified atom stereocenters. The highest BCUT2D eigenvalue weighted by molar-refractivity contribution is 6.02. The number of nitrogens with zero attached hydrogens (tertiary/aromatic N) is 1. The van der Waals surface area contributed by atoms with Crippen LogP contribution in [-0.2, 0) is 4.79 Å². The van der Waals surface area contributed by atoms with Gasteiger partial charge in [-0.3, -0.25) is 4.79 Å². The minimum Gasteiger partial charge on any atom is -0.409 e. The predicted molar refractivity (Wildman–Crippen MR) is 75.9 cm³/mol. The Morgan fingerprint density at radius 1 is 1.47 bits per heavy atom. The van der Waals surface area contributed by atoms with Gasteiger partial charge in [-0.05, 0) is 30.6 Å². The zero-order valence-corrected chi connectivity index (χ0v) is 12.2. The van der Waals surface area contributed by atoms with Crippen LogP contribution in [0.5, 0.6) is 0 Å². The van der Waals surface area contributed by atoms with Gasteiger partial charge in [0, 0.05) is 6.54 Å². The summed E-state index contributed by atoms with van der Waals surface area (Å²) in [5.74, 6) is 0.633. The van der Waals surface area contributed by atoms with Crippen molar-refractivity contribution in [2.45, 2.75) is 46.5 Å². The van der Waals surface area contributed by atoms with Gasteiger partial charge in [0.1, 0.15) is 5.92 Å². The topological polar surface area (TPSA) is 87.7 Å². The fourth-order valence-corrected chi connectivity index (χ4v) is 2.94. The van der Waals surface area contributed by atoms with E-state index in [2.05, 4.69) is 17.4 Å². The van der Waals surface area contributed by atoms with Crippen LogP contribution in [0, 0.1) is 23.7 Å². The highest BCUT2D eigenvalue weighted by atomic mass is 16.4. The van der Waals surface area contributed by atoms with Gasteiger partial charge in [-0.15, -0.1) is 0 Å². The number of carbonyl (C=O) groups is 1. The number of amides is 1. The fraction of sp³-hybridized carbons (Fsp3) is 0.857. The van der Waals surface area contributed by atoms with Crippen LogP contribution in [0.15, 0.2) is 5.16 Å². The molecule has 4 N–H and O–H groups in total. The molecule has 1 aliphatic carbocycles. The molecule has 19 heavy (non-hydrogen) atoms. The van der Waals surface area contributed by atoms with E-state index in [4.69, 9.17) is 10.9 Å². The van der Waals surface area contributed by atoms with Gasteiger partial charge >= 0.3 is 0 Å². The SMILES string of the molecule is CC1CCCC(CNC(=O)C(C(N)=NO)C(C)C)C1. The van der Waals surface area contributed by atoms with Crippen LogP contribution in [0.4, 0.5) is 0 Å². The monoisotopic (exact) mass is 269 g/mol. The van der Waals surface area contributed by atoms with E-state index >= 15 is 0 Å². The van der Waals surface area contributed by atoms with Gasteiger partial charge in [0.15, 0.2) is 5.84 Å². The Balaban J connectivity index is 2.48. The molecule has 1 aliphatic rings. The van der Waals surface area contributed by atoms with Crippen molar-refractivity contribution in [1.82, 2.24) is 5.32 Å². The molecule has 0 radical (unpaired) electrons. The zero-order chi connectivity index (χ0) is 14.4. The summed E-state index contributed by atoms with van der Waals surface area (Å²) in [5, 5.41) is 14.7. The summed E-state index contributed by atoms with van der Waals surface area (Å²) in [4.78, 5) is 12.1. The zero-order valence-electron chi connectivity index (χ0n) is 12.2. The van der Waals surface area contributed by atoms with Crippen molar-refractivity contribution in [2.24, 2.45) is 34.6 Å². The summed E-state index contributed by atoms with van der Waals surface area (Å²) in [7, 11) is 0. The van der Waals surface area contributed by atoms with E-state index < -0.39 is 5.92 Å². The molecule has 0 spiro atoms. The molecule has 1 fully saturated rings. The Hall–Kier alpha value is -1.26. The highest BCUT2D eigenvalue weighted by Gasteiger charge is 2.27. The maximum Gasteiger partial charge on any atom is 0.231 e. The van der Waals surface area contributed by atoms with Crippen molar-refractivity contribution in [3.05, 3.63) is 0 Å². The van der Waals surface area contributed by atoms with Crippen molar-refractivity contribution >= 4 is 11.7 Å². The Bertz CT molecular complexity index is 329. The van der Waals surface area contributed by atoms with Gasteiger partial charge in [0.05, 0.1) is 0 Å². The van der Waals surface area contributed by atoms with Crippen LogP contribution in [0.25, 0.3) is 0 Å². The molecule has 0 bridgehead atoms. The molecule has 0 aliphatic heterocycles. The van der Waals surface area contributed by atoms with Crippen molar-refractivity contribution in [3.8, 4) is 0 Å². The molecular weight excluding hydrogens is 242 g/mol. The first-order chi connectivity index (χ1) is 8.95. The third-order valence-corrected chi connectivity index (χ3v) is 3.99. The number of carbonyl (C=O) groups excluding carboxylic acids is 1. The van der Waals surface area contributed by atoms with E-state index in [1.54, 1.807) is 0 Å². The van der Waals surface area contributed by atoms with Crippen LogP contribution in [-0.4, -0.2) is 23.5 Å². The van der Waals surface area contributed by atoms with Gasteiger partial charge in [0.25, 0.3) is 0 Å². The standard InChI is InChI=1S/C14H27N3O2/c1-9(2)12(13(15)17-19)14(18)16-8-11-6-4-5-10(3)7-11/h9-12,19H,4-8H2,1-3H3,(H2,15,17)(H,16,18). The number of hydrogen-bond acceptors (Lipinski definition) is 3. The van der Waals surface area contributed by atoms with E-state index in [0.29, 0.717) is 12.5 Å². The number of amidine groups is 1. The first-order valence-electron chi connectivity index (χ1n) is 7.20. The Morgan fingerprint density at radius 3 is 2.68 bits per heavy atom. The molecule has 1 saturated carbocycles. The molecule has 0 aromatic carbocycles. The van der Waals surface area contributed by atoms with Crippen molar-refractivity contribution in [2.75, 3.05) is 6.54 Å². The third kappa shape index (κ3) is 4.73. The van der Waals surface area contributed by atoms with Gasteiger partial charge < -0.3 is 16.3 Å². The number of oxime groups is 1. The lowest BCUT2D eigenvalue weighted by Crippen LogP contribution is -2.43. The summed E-state index contributed by atoms with van der Waals surface area (Å²) in [6, 6.07) is 0. The first kappa shape index (κ1) is 15.8. The fourth-order valence-electron chi connectivity index (χ4n) is 2.94. The molecule has 1 rings (SSSR count). The summed E-state index contributed by atoms with van der Waals surface area (Å²) in [5.41, 5.74) is 5.59. The summed E-state index contributed by atoms with van der Waals surface area (Å²) >= 11 is 0. The Morgan fingerprint density at radius 2 is 2.16 bits per heavy atom. The van der Waals surface area contributed by atoms with Gasteiger partial charge in [0.2, 0.25) is 5.91 Å². The summed E-state index contributed by atoms with van der Waals surface area (Å²) in [6.45, 7) is 6.75. The predicted octanol–water partition coefficient (Wildman–Crippen LogP) is 1.95. The maximum absolute atomic E-state index is 12.1. The molecule has 0 aromatic rings. The normalized spacial score (nSPS) is 26.2. The van der Waals surface area contributed by atoms with Crippen molar-refractivity contribution in [3.63, 3.8) is 0 Å². The lowest BCUT2D eigenvalue weighted by atomic mass is 9.82. The van der Waals surface area contributed by atoms with E-state index in [-0.39, 0.29) is 17.7 Å². The van der Waals surface area contributed by atoms with Crippen LogP contribution < -0.4 is 11.1 Å². The molecule has 5 heteroatoms. The molecule has 0 aromatic heterocycles. The second-order valence-electron chi connectivity index (χ2n) is 6.13. The van der Waals surface area contributed by atoms with Crippen molar-refractivity contribution < 1.29 is 10.0 Å². The van der Waals surface area contributed by atoms with Crippen LogP contribution in [0.2, 0.25) is 0 Å². The summed E-state index contributed by atoms with van der Waals surface area (Å²) < 4.78 is 0. The van der Waals surface area contributed by atoms with E-state index in [1.807, 2.05) is 13.8 Å². The molecule has 5 nitrogen and oxygen atoms in total. The molecule has 3 atom stereocenters. The van der Waals surface area contributed by atoms with E-state index in [0.717, 1.165) is 5.92 Å². The minimum atomic E-state index is -0.550. The maximum atomic E-state index is 12.1. The number of hydrogen-bond donors (Lipinski definition) is 3. The lowest BCUT2D eigenvalue weighted by molar-refractivity contribution is -0.124. The number of rotatable bonds is 5. The van der Waals surface area contributed by atoms with Gasteiger partial charge in [-0.2, -0.15) is 0 Å². The Labute approximate surface area is 115 Å². The average Bonchev–Trinajstić information content (AvgIpc) is 2.36. The second-order valence-corrected chi connectivity index (χ2v) is 6.13. The molecule has 0 saturated heterocycles. The van der Waals surface area contributed by atoms with Crippen LogP contribution in [0.1, 0.15) is 46.5 Å². The molecule has 110 valence electrons. The third-order valence-electron chi connectivity index (χ3n) is 3.99. The second kappa shape index (κ2) is 7.36. The largest absolute Gasteiger partial charge is 0.409 e. The quantitative estimate of drug-likeness (QED) is 0.308. The molecule has 0 heterocycles. The number of nitrogens with one attached hydrogen (secondary N) is 1. The van der Waals surface area contributed by atoms with E-state index in [9.17, 15) is 4.79 Å². The Kier molecular flexibility index (Phi) is 6.12. The lowest BCUT2D eigenvalue weighted by Gasteiger charge is -2.27. The van der Waals surface area contributed by atoms with Gasteiger partial charge in [-0.1, -0.05) is 38.8 Å². The highest BCUT2D eigenvalue weighted by Crippen LogP contribution is 2.28. The molecular formula is C14H27N3O2. The van der Waals surface area contributed by atoms with E-state index in [1.165, 1.54) is 25.7 Å². The van der Waals surface area contributed by atoms with Crippen molar-refractivity contribution in [1.29, 1.82) is 0 Å². The average molecular weight is 269 g/mol. The van der Waals surface area contributed by atoms with Crippen LogP contribution in [0.3, 0.4) is 0 Å². The molecule has 1 amide bonds. The summed E-state index contributed by atoms with van der Waals surface area (Å²) in [6.07, 6.45) is 4.90. The minimum absolute atomic E-state index is 0.00971. The smallest absolute Gasteiger partial charge is 0.231 e. The van der Waals surface area contributed by atoms with Crippen LogP contribution >= 0.6 is 0 Å². The number of nitrogens with two attached hydrogens (primary N) is 1. The van der Waals surface area contributed by atoms with Gasteiger partial charge in [-0.25, -0.2) is 0 Å².